The average Bonchev–Trinajstić information content (AvgIpc) is 2.96. The van der Waals surface area contributed by atoms with Gasteiger partial charge in [0.1, 0.15) is 0 Å². The molecule has 0 fully saturated rings. The first-order valence-corrected chi connectivity index (χ1v) is 13.7. The lowest BCUT2D eigenvalue weighted by molar-refractivity contribution is 0.284. The molecule has 0 saturated carbocycles. The molecule has 4 aromatic rings. The summed E-state index contributed by atoms with van der Waals surface area (Å²) in [7, 11) is 4.23. The summed E-state index contributed by atoms with van der Waals surface area (Å²) in [5, 5.41) is 8.48. The van der Waals surface area contributed by atoms with Gasteiger partial charge < -0.3 is 9.68 Å². The van der Waals surface area contributed by atoms with Gasteiger partial charge in [0.15, 0.2) is 11.5 Å². The Balaban J connectivity index is 1.62. The van der Waals surface area contributed by atoms with Gasteiger partial charge in [0.25, 0.3) is 0 Å². The molecule has 0 unspecified atom stereocenters. The molecule has 0 saturated heterocycles. The Morgan fingerprint density at radius 1 is 0.600 bits per heavy atom. The van der Waals surface area contributed by atoms with Crippen molar-refractivity contribution in [2.75, 3.05) is 14.1 Å². The van der Waals surface area contributed by atoms with E-state index in [2.05, 4.69) is 88.8 Å². The molecule has 0 heterocycles. The van der Waals surface area contributed by atoms with E-state index in [4.69, 9.17) is 9.68 Å². The minimum Gasteiger partial charge on any atom is -0.357 e. The van der Waals surface area contributed by atoms with E-state index in [1.54, 1.807) is 12.4 Å². The van der Waals surface area contributed by atoms with Crippen LogP contribution in [0.3, 0.4) is 0 Å². The molecule has 0 aromatic heterocycles. The molecular formula is C34H38N4O2. The van der Waals surface area contributed by atoms with Gasteiger partial charge in [-0.1, -0.05) is 108 Å². The zero-order chi connectivity index (χ0) is 28.0. The lowest BCUT2D eigenvalue weighted by Gasteiger charge is -2.22. The first-order valence-electron chi connectivity index (χ1n) is 13.7. The van der Waals surface area contributed by atoms with Crippen molar-refractivity contribution in [2.45, 2.75) is 39.5 Å². The molecule has 0 aliphatic rings. The number of benzene rings is 4. The van der Waals surface area contributed by atoms with Crippen LogP contribution in [0.4, 0.5) is 0 Å². The van der Waals surface area contributed by atoms with Crippen molar-refractivity contribution in [1.29, 1.82) is 0 Å². The molecule has 0 spiro atoms. The maximum Gasteiger partial charge on any atom is 0.166 e. The first-order chi connectivity index (χ1) is 19.6. The summed E-state index contributed by atoms with van der Waals surface area (Å²) in [4.78, 5) is 16.4. The molecule has 0 aliphatic carbocycles. The minimum atomic E-state index is 0.642. The molecule has 0 aliphatic heterocycles. The van der Waals surface area contributed by atoms with E-state index >= 15 is 0 Å². The minimum absolute atomic E-state index is 0.642. The van der Waals surface area contributed by atoms with Gasteiger partial charge in [-0.25, -0.2) is 0 Å². The van der Waals surface area contributed by atoms with E-state index in [9.17, 15) is 0 Å². The number of hydrogen-bond acceptors (Lipinski definition) is 6. The maximum absolute atomic E-state index is 5.99. The third-order valence-corrected chi connectivity index (χ3v) is 6.28. The third kappa shape index (κ3) is 9.19. The van der Waals surface area contributed by atoms with Crippen LogP contribution < -0.4 is 9.68 Å². The fraction of sp³-hybridized carbons (Fsp3) is 0.235. The largest absolute Gasteiger partial charge is 0.357 e. The van der Waals surface area contributed by atoms with Crippen LogP contribution in [0, 0.1) is 0 Å². The predicted octanol–water partition coefficient (Wildman–Crippen LogP) is 7.14. The highest BCUT2D eigenvalue weighted by Gasteiger charge is 2.17. The SMILES string of the molecule is CC/C=N/Oc1cc(O/N=C/c2ccccc2)c(CN(C)Cc2ccccc2)cc1CN(C)Cc1ccccc1. The smallest absolute Gasteiger partial charge is 0.166 e. The summed E-state index contributed by atoms with van der Waals surface area (Å²) >= 11 is 0. The zero-order valence-electron chi connectivity index (χ0n) is 23.6. The molecule has 40 heavy (non-hydrogen) atoms. The quantitative estimate of drug-likeness (QED) is 0.127. The van der Waals surface area contributed by atoms with Crippen molar-refractivity contribution in [2.24, 2.45) is 10.3 Å². The molecule has 4 rings (SSSR count). The van der Waals surface area contributed by atoms with E-state index in [-0.39, 0.29) is 0 Å². The third-order valence-electron chi connectivity index (χ3n) is 6.28. The van der Waals surface area contributed by atoms with Crippen molar-refractivity contribution in [3.8, 4) is 11.5 Å². The Kier molecular flexibility index (Phi) is 11.0. The lowest BCUT2D eigenvalue weighted by Crippen LogP contribution is -2.20. The Morgan fingerprint density at radius 3 is 1.57 bits per heavy atom. The molecule has 0 radical (unpaired) electrons. The number of oxime groups is 2. The highest BCUT2D eigenvalue weighted by Crippen LogP contribution is 2.32. The molecule has 0 N–H and O–H groups in total. The number of nitrogens with zero attached hydrogens (tertiary/aromatic N) is 4. The zero-order valence-corrected chi connectivity index (χ0v) is 23.6. The molecule has 0 atom stereocenters. The summed E-state index contributed by atoms with van der Waals surface area (Å²) in [6, 6.07) is 34.9. The average molecular weight is 535 g/mol. The number of hydrogen-bond donors (Lipinski definition) is 0. The van der Waals surface area contributed by atoms with Gasteiger partial charge >= 0.3 is 0 Å². The Morgan fingerprint density at radius 2 is 1.07 bits per heavy atom. The van der Waals surface area contributed by atoms with Gasteiger partial charge in [-0.2, -0.15) is 0 Å². The molecule has 6 nitrogen and oxygen atoms in total. The monoisotopic (exact) mass is 534 g/mol. The van der Waals surface area contributed by atoms with E-state index in [0.29, 0.717) is 24.6 Å². The summed E-state index contributed by atoms with van der Waals surface area (Å²) < 4.78 is 0. The fourth-order valence-electron chi connectivity index (χ4n) is 4.41. The molecule has 6 heteroatoms. The van der Waals surface area contributed by atoms with E-state index < -0.39 is 0 Å². The highest BCUT2D eigenvalue weighted by molar-refractivity contribution is 5.79. The second kappa shape index (κ2) is 15.4. The van der Waals surface area contributed by atoms with Crippen LogP contribution in [0.15, 0.2) is 113 Å². The summed E-state index contributed by atoms with van der Waals surface area (Å²) in [6.07, 6.45) is 4.26. The number of rotatable bonds is 14. The molecule has 0 amide bonds. The van der Waals surface area contributed by atoms with Crippen LogP contribution in [0.1, 0.15) is 41.2 Å². The van der Waals surface area contributed by atoms with Gasteiger partial charge in [-0.05, 0) is 43.3 Å². The van der Waals surface area contributed by atoms with E-state index in [0.717, 1.165) is 36.2 Å². The van der Waals surface area contributed by atoms with Gasteiger partial charge in [0.05, 0.1) is 6.21 Å². The molecule has 4 aromatic carbocycles. The van der Waals surface area contributed by atoms with Crippen LogP contribution in [-0.4, -0.2) is 36.3 Å². The van der Waals surface area contributed by atoms with Crippen molar-refractivity contribution in [3.63, 3.8) is 0 Å². The molecule has 0 bridgehead atoms. The second-order valence-corrected chi connectivity index (χ2v) is 9.91. The second-order valence-electron chi connectivity index (χ2n) is 9.91. The summed E-state index contributed by atoms with van der Waals surface area (Å²) in [5.74, 6) is 1.30. The van der Waals surface area contributed by atoms with Crippen LogP contribution >= 0.6 is 0 Å². The molecular weight excluding hydrogens is 496 g/mol. The van der Waals surface area contributed by atoms with Crippen LogP contribution in [0.25, 0.3) is 0 Å². The Labute approximate surface area is 238 Å². The van der Waals surface area contributed by atoms with Gasteiger partial charge in [-0.3, -0.25) is 9.80 Å². The standard InChI is InChI=1S/C34H38N4O2/c1-4-20-35-39-33-22-34(40-36-23-28-14-8-5-9-15-28)32(27-38(3)25-30-18-12-7-13-19-30)21-31(33)26-37(2)24-29-16-10-6-11-17-29/h5-23H,4,24-27H2,1-3H3/b35-20+,36-23+. The van der Waals surface area contributed by atoms with Crippen molar-refractivity contribution in [3.05, 3.63) is 131 Å². The van der Waals surface area contributed by atoms with Gasteiger partial charge in [-0.15, -0.1) is 0 Å². The van der Waals surface area contributed by atoms with Crippen LogP contribution in [-0.2, 0) is 26.2 Å². The predicted molar refractivity (Wildman–Crippen MR) is 164 cm³/mol. The highest BCUT2D eigenvalue weighted by atomic mass is 16.6. The Bertz CT molecular complexity index is 1360. The van der Waals surface area contributed by atoms with E-state index in [1.807, 2.05) is 55.5 Å². The van der Waals surface area contributed by atoms with Crippen LogP contribution in [0.2, 0.25) is 0 Å². The summed E-state index contributed by atoms with van der Waals surface area (Å²) in [5.41, 5.74) is 5.54. The fourth-order valence-corrected chi connectivity index (χ4v) is 4.41. The normalized spacial score (nSPS) is 11.6. The topological polar surface area (TPSA) is 49.7 Å². The van der Waals surface area contributed by atoms with Gasteiger partial charge in [0.2, 0.25) is 0 Å². The van der Waals surface area contributed by atoms with Crippen molar-refractivity contribution < 1.29 is 9.68 Å². The Hall–Kier alpha value is -4.26. The molecule has 206 valence electrons. The van der Waals surface area contributed by atoms with Crippen molar-refractivity contribution >= 4 is 12.4 Å². The van der Waals surface area contributed by atoms with E-state index in [1.165, 1.54) is 11.1 Å². The van der Waals surface area contributed by atoms with Crippen molar-refractivity contribution in [1.82, 2.24) is 9.80 Å². The summed E-state index contributed by atoms with van der Waals surface area (Å²) in [6.45, 7) is 5.03. The first kappa shape index (κ1) is 28.7. The lowest BCUT2D eigenvalue weighted by atomic mass is 10.1. The maximum atomic E-state index is 5.99. The van der Waals surface area contributed by atoms with Crippen LogP contribution in [0.5, 0.6) is 11.5 Å². The van der Waals surface area contributed by atoms with Gasteiger partial charge in [0, 0.05) is 49.6 Å².